The Morgan fingerprint density at radius 3 is 2.35 bits per heavy atom. The van der Waals surface area contributed by atoms with Crippen molar-refractivity contribution in [2.45, 2.75) is 24.2 Å². The first-order chi connectivity index (χ1) is 7.79. The van der Waals surface area contributed by atoms with Crippen LogP contribution in [0.15, 0.2) is 17.0 Å². The van der Waals surface area contributed by atoms with Crippen molar-refractivity contribution in [3.05, 3.63) is 29.3 Å². The molecule has 0 aliphatic carbocycles. The van der Waals surface area contributed by atoms with Gasteiger partial charge in [0.25, 0.3) is 0 Å². The molecule has 1 rings (SSSR count). The predicted molar refractivity (Wildman–Crippen MR) is 61.6 cm³/mol. The molecule has 6 heteroatoms. The standard InChI is InChI=1S/C11H15F2NO2S/c1-7(5-6-14)8-3-4-9(17(2,15)16)11(13)10(8)12/h3-4,7H,5-6,14H2,1-2H3. The number of nitrogens with two attached hydrogens (primary N) is 1. The molecule has 2 N–H and O–H groups in total. The molecule has 17 heavy (non-hydrogen) atoms. The highest BCUT2D eigenvalue weighted by Gasteiger charge is 2.22. The molecule has 0 bridgehead atoms. The molecule has 0 aliphatic rings. The van der Waals surface area contributed by atoms with Gasteiger partial charge in [-0.25, -0.2) is 17.2 Å². The minimum atomic E-state index is -3.75. The maximum Gasteiger partial charge on any atom is 0.178 e. The van der Waals surface area contributed by atoms with E-state index in [0.29, 0.717) is 13.0 Å². The summed E-state index contributed by atoms with van der Waals surface area (Å²) in [4.78, 5) is -0.612. The Labute approximate surface area is 99.6 Å². The summed E-state index contributed by atoms with van der Waals surface area (Å²) in [5.74, 6) is -2.66. The molecule has 1 aromatic carbocycles. The Hall–Kier alpha value is -1.01. The average Bonchev–Trinajstić information content (AvgIpc) is 2.20. The van der Waals surface area contributed by atoms with Crippen LogP contribution in [0.5, 0.6) is 0 Å². The SMILES string of the molecule is CC(CCN)c1ccc(S(C)(=O)=O)c(F)c1F. The average molecular weight is 263 g/mol. The summed E-state index contributed by atoms with van der Waals surface area (Å²) < 4.78 is 49.6. The normalized spacial score (nSPS) is 13.7. The van der Waals surface area contributed by atoms with Gasteiger partial charge in [0, 0.05) is 6.26 Å². The van der Waals surface area contributed by atoms with E-state index in [1.807, 2.05) is 0 Å². The fraction of sp³-hybridized carbons (Fsp3) is 0.455. The maximum absolute atomic E-state index is 13.7. The van der Waals surface area contributed by atoms with Crippen LogP contribution in [0.4, 0.5) is 8.78 Å². The van der Waals surface area contributed by atoms with Crippen LogP contribution in [-0.2, 0) is 9.84 Å². The van der Waals surface area contributed by atoms with E-state index < -0.39 is 26.4 Å². The second kappa shape index (κ2) is 5.10. The van der Waals surface area contributed by atoms with Gasteiger partial charge in [-0.05, 0) is 30.5 Å². The van der Waals surface area contributed by atoms with E-state index in [-0.39, 0.29) is 11.5 Å². The molecule has 0 radical (unpaired) electrons. The van der Waals surface area contributed by atoms with Crippen LogP contribution in [-0.4, -0.2) is 21.2 Å². The van der Waals surface area contributed by atoms with Crippen LogP contribution in [0.2, 0.25) is 0 Å². The first-order valence-electron chi connectivity index (χ1n) is 5.17. The first kappa shape index (κ1) is 14.1. The van der Waals surface area contributed by atoms with Gasteiger partial charge in [0.2, 0.25) is 0 Å². The molecule has 1 unspecified atom stereocenters. The minimum absolute atomic E-state index is 0.153. The largest absolute Gasteiger partial charge is 0.330 e. The summed E-state index contributed by atoms with van der Waals surface area (Å²) in [6.07, 6.45) is 1.35. The zero-order valence-corrected chi connectivity index (χ0v) is 10.5. The molecule has 0 fully saturated rings. The first-order valence-corrected chi connectivity index (χ1v) is 7.06. The monoisotopic (exact) mass is 263 g/mol. The maximum atomic E-state index is 13.7. The lowest BCUT2D eigenvalue weighted by Crippen LogP contribution is -2.09. The molecule has 96 valence electrons. The zero-order chi connectivity index (χ0) is 13.2. The predicted octanol–water partition coefficient (Wildman–Crippen LogP) is 1.82. The quantitative estimate of drug-likeness (QED) is 0.901. The van der Waals surface area contributed by atoms with Crippen molar-refractivity contribution in [2.75, 3.05) is 12.8 Å². The Bertz CT molecular complexity index is 514. The summed E-state index contributed by atoms with van der Waals surface area (Å²) in [6.45, 7) is 2.07. The molecule has 1 aromatic rings. The highest BCUT2D eigenvalue weighted by Crippen LogP contribution is 2.27. The van der Waals surface area contributed by atoms with Gasteiger partial charge in [-0.2, -0.15) is 0 Å². The van der Waals surface area contributed by atoms with Crippen LogP contribution in [0.1, 0.15) is 24.8 Å². The number of benzene rings is 1. The number of hydrogen-bond donors (Lipinski definition) is 1. The van der Waals surface area contributed by atoms with E-state index in [2.05, 4.69) is 0 Å². The lowest BCUT2D eigenvalue weighted by atomic mass is 9.97. The molecule has 0 saturated heterocycles. The van der Waals surface area contributed by atoms with E-state index in [1.54, 1.807) is 6.92 Å². The van der Waals surface area contributed by atoms with Crippen LogP contribution < -0.4 is 5.73 Å². The second-order valence-corrected chi connectivity index (χ2v) is 6.02. The lowest BCUT2D eigenvalue weighted by Gasteiger charge is -2.13. The lowest BCUT2D eigenvalue weighted by molar-refractivity contribution is 0.468. The number of hydrogen-bond acceptors (Lipinski definition) is 3. The highest BCUT2D eigenvalue weighted by molar-refractivity contribution is 7.90. The van der Waals surface area contributed by atoms with Crippen LogP contribution >= 0.6 is 0 Å². The van der Waals surface area contributed by atoms with Gasteiger partial charge in [-0.15, -0.1) is 0 Å². The van der Waals surface area contributed by atoms with E-state index in [4.69, 9.17) is 5.73 Å². The Kier molecular flexibility index (Phi) is 4.21. The highest BCUT2D eigenvalue weighted by atomic mass is 32.2. The second-order valence-electron chi connectivity index (χ2n) is 4.03. The Balaban J connectivity index is 3.29. The smallest absolute Gasteiger partial charge is 0.178 e. The van der Waals surface area contributed by atoms with Crippen LogP contribution in [0.25, 0.3) is 0 Å². The van der Waals surface area contributed by atoms with Gasteiger partial charge >= 0.3 is 0 Å². The molecule has 0 aliphatic heterocycles. The molecular formula is C11H15F2NO2S. The van der Waals surface area contributed by atoms with E-state index in [9.17, 15) is 17.2 Å². The van der Waals surface area contributed by atoms with Crippen molar-refractivity contribution in [1.82, 2.24) is 0 Å². The van der Waals surface area contributed by atoms with Gasteiger partial charge in [-0.3, -0.25) is 0 Å². The molecule has 0 heterocycles. The summed E-state index contributed by atoms with van der Waals surface area (Å²) >= 11 is 0. The fourth-order valence-electron chi connectivity index (χ4n) is 1.62. The molecule has 3 nitrogen and oxygen atoms in total. The van der Waals surface area contributed by atoms with Gasteiger partial charge in [0.05, 0.1) is 0 Å². The molecular weight excluding hydrogens is 248 g/mol. The van der Waals surface area contributed by atoms with E-state index >= 15 is 0 Å². The molecule has 0 saturated carbocycles. The van der Waals surface area contributed by atoms with Gasteiger partial charge < -0.3 is 5.73 Å². The third-order valence-corrected chi connectivity index (χ3v) is 3.72. The van der Waals surface area contributed by atoms with Crippen LogP contribution in [0.3, 0.4) is 0 Å². The van der Waals surface area contributed by atoms with Crippen LogP contribution in [0, 0.1) is 11.6 Å². The van der Waals surface area contributed by atoms with Gasteiger partial charge in [-0.1, -0.05) is 13.0 Å². The number of halogens is 2. The summed E-state index contributed by atoms with van der Waals surface area (Å²) in [5, 5.41) is 0. The molecule has 1 atom stereocenters. The minimum Gasteiger partial charge on any atom is -0.330 e. The topological polar surface area (TPSA) is 60.2 Å². The molecule has 0 aromatic heterocycles. The molecule has 0 spiro atoms. The van der Waals surface area contributed by atoms with E-state index in [0.717, 1.165) is 12.3 Å². The summed E-state index contributed by atoms with van der Waals surface area (Å²) in [7, 11) is -3.75. The van der Waals surface area contributed by atoms with Gasteiger partial charge in [0.15, 0.2) is 21.5 Å². The molecule has 0 amide bonds. The fourth-order valence-corrected chi connectivity index (χ4v) is 2.35. The summed E-state index contributed by atoms with van der Waals surface area (Å²) in [5.41, 5.74) is 5.50. The third kappa shape index (κ3) is 3.01. The van der Waals surface area contributed by atoms with Crippen molar-refractivity contribution in [1.29, 1.82) is 0 Å². The van der Waals surface area contributed by atoms with Crippen molar-refractivity contribution in [2.24, 2.45) is 5.73 Å². The van der Waals surface area contributed by atoms with Crippen molar-refractivity contribution >= 4 is 9.84 Å². The Morgan fingerprint density at radius 2 is 1.88 bits per heavy atom. The van der Waals surface area contributed by atoms with Crippen molar-refractivity contribution in [3.63, 3.8) is 0 Å². The third-order valence-electron chi connectivity index (χ3n) is 2.61. The number of sulfone groups is 1. The number of rotatable bonds is 4. The zero-order valence-electron chi connectivity index (χ0n) is 9.70. The van der Waals surface area contributed by atoms with Crippen molar-refractivity contribution < 1.29 is 17.2 Å². The van der Waals surface area contributed by atoms with Gasteiger partial charge in [0.1, 0.15) is 4.90 Å². The van der Waals surface area contributed by atoms with E-state index in [1.165, 1.54) is 6.07 Å². The van der Waals surface area contributed by atoms with Crippen molar-refractivity contribution in [3.8, 4) is 0 Å². The summed E-state index contributed by atoms with van der Waals surface area (Å²) in [6, 6.07) is 2.39. The Morgan fingerprint density at radius 1 is 1.29 bits per heavy atom.